The molecule has 0 amide bonds. The molecule has 0 aromatic rings. The molecule has 7 heteroatoms. The van der Waals surface area contributed by atoms with Crippen LogP contribution >= 0.6 is 0 Å². The van der Waals surface area contributed by atoms with Gasteiger partial charge < -0.3 is 33.9 Å². The Balaban J connectivity index is 0. The largest absolute Gasteiger partial charge is 0.499 e. The summed E-state index contributed by atoms with van der Waals surface area (Å²) in [6.07, 6.45) is 1.92. The minimum atomic E-state index is -0.436. The van der Waals surface area contributed by atoms with E-state index in [2.05, 4.69) is 13.2 Å². The molecule has 0 radical (unpaired) electrons. The Morgan fingerprint density at radius 1 is 0.615 bits per heavy atom. The van der Waals surface area contributed by atoms with Gasteiger partial charge in [-0.25, -0.2) is 0 Å². The lowest BCUT2D eigenvalue weighted by atomic mass is 10.4. The summed E-state index contributed by atoms with van der Waals surface area (Å²) < 4.78 is 25.8. The molecular weight excluding hydrogens is 340 g/mol. The van der Waals surface area contributed by atoms with E-state index in [1.54, 1.807) is 13.8 Å². The molecule has 0 fully saturated rings. The van der Waals surface area contributed by atoms with E-state index < -0.39 is 12.2 Å². The van der Waals surface area contributed by atoms with Crippen molar-refractivity contribution in [1.82, 2.24) is 0 Å². The van der Waals surface area contributed by atoms with Gasteiger partial charge in [-0.1, -0.05) is 13.2 Å². The Bertz CT molecular complexity index is 321. The van der Waals surface area contributed by atoms with Crippen molar-refractivity contribution in [3.8, 4) is 0 Å². The first-order chi connectivity index (χ1) is 12.2. The normalized spacial score (nSPS) is 16.3. The number of ether oxygens (including phenoxy) is 5. The monoisotopic (exact) mass is 378 g/mol. The Kier molecular flexibility index (Phi) is 19.5. The van der Waals surface area contributed by atoms with Gasteiger partial charge in [-0.15, -0.1) is 0 Å². The van der Waals surface area contributed by atoms with Crippen molar-refractivity contribution in [2.45, 2.75) is 65.1 Å². The van der Waals surface area contributed by atoms with Gasteiger partial charge in [0.2, 0.25) is 0 Å². The Hall–Kier alpha value is -1.12. The highest BCUT2D eigenvalue weighted by molar-refractivity contribution is 4.57. The second kappa shape index (κ2) is 18.7. The quantitative estimate of drug-likeness (QED) is 0.423. The molecule has 156 valence electrons. The minimum absolute atomic E-state index is 0.00241. The van der Waals surface area contributed by atoms with E-state index in [0.717, 1.165) is 0 Å². The molecule has 7 nitrogen and oxygen atoms in total. The molecule has 0 bridgehead atoms. The standard InChI is InChI=1S/C11H22O4.C8H16O3/c1-5-13-7-10(3)15-8-11(4)14-6-9(2)12;1-4-10-6-8(3)11-5-7(2)9/h5,9-12H,1,6-8H2,2-4H3;4,7-9H,1,5-6H2,2-3H3. The molecule has 5 unspecified atom stereocenters. The van der Waals surface area contributed by atoms with E-state index in [-0.39, 0.29) is 18.3 Å². The van der Waals surface area contributed by atoms with Gasteiger partial charge in [-0.3, -0.25) is 0 Å². The van der Waals surface area contributed by atoms with Crippen LogP contribution in [0.3, 0.4) is 0 Å². The van der Waals surface area contributed by atoms with Crippen molar-refractivity contribution in [3.05, 3.63) is 25.7 Å². The van der Waals surface area contributed by atoms with Crippen LogP contribution in [0.4, 0.5) is 0 Å². The highest BCUT2D eigenvalue weighted by atomic mass is 16.6. The van der Waals surface area contributed by atoms with E-state index in [1.165, 1.54) is 12.5 Å². The van der Waals surface area contributed by atoms with Gasteiger partial charge in [0.1, 0.15) is 13.2 Å². The molecule has 0 aromatic heterocycles. The first-order valence-corrected chi connectivity index (χ1v) is 8.88. The number of hydrogen-bond acceptors (Lipinski definition) is 7. The van der Waals surface area contributed by atoms with Crippen LogP contribution in [0.5, 0.6) is 0 Å². The third kappa shape index (κ3) is 22.9. The van der Waals surface area contributed by atoms with E-state index in [1.807, 2.05) is 20.8 Å². The van der Waals surface area contributed by atoms with Crippen LogP contribution in [0.1, 0.15) is 34.6 Å². The van der Waals surface area contributed by atoms with E-state index in [9.17, 15) is 0 Å². The zero-order chi connectivity index (χ0) is 20.4. The SMILES string of the molecule is C=COCC(C)OCC(C)O.C=COCC(C)OCC(C)OCC(C)O. The predicted octanol–water partition coefficient (Wildman–Crippen LogP) is 2.27. The lowest BCUT2D eigenvalue weighted by Gasteiger charge is -2.17. The van der Waals surface area contributed by atoms with Crippen molar-refractivity contribution >= 4 is 0 Å². The van der Waals surface area contributed by atoms with Crippen molar-refractivity contribution < 1.29 is 33.9 Å². The second-order valence-corrected chi connectivity index (χ2v) is 6.13. The fraction of sp³-hybridized carbons (Fsp3) is 0.789. The Morgan fingerprint density at radius 2 is 0.923 bits per heavy atom. The predicted molar refractivity (Wildman–Crippen MR) is 102 cm³/mol. The third-order valence-electron chi connectivity index (χ3n) is 2.76. The molecule has 5 atom stereocenters. The Morgan fingerprint density at radius 3 is 1.23 bits per heavy atom. The molecule has 0 aliphatic rings. The molecule has 0 aliphatic heterocycles. The van der Waals surface area contributed by atoms with Crippen LogP contribution in [0.15, 0.2) is 25.7 Å². The molecular formula is C19H38O7. The summed E-state index contributed by atoms with van der Waals surface area (Å²) in [5.74, 6) is 0. The maximum absolute atomic E-state index is 9.00. The molecule has 0 saturated heterocycles. The summed E-state index contributed by atoms with van der Waals surface area (Å²) >= 11 is 0. The van der Waals surface area contributed by atoms with Gasteiger partial charge in [0, 0.05) is 0 Å². The van der Waals surface area contributed by atoms with Gasteiger partial charge in [0.05, 0.1) is 62.9 Å². The van der Waals surface area contributed by atoms with E-state index in [4.69, 9.17) is 33.9 Å². The van der Waals surface area contributed by atoms with Gasteiger partial charge in [-0.05, 0) is 34.6 Å². The van der Waals surface area contributed by atoms with Crippen LogP contribution in [0.2, 0.25) is 0 Å². The topological polar surface area (TPSA) is 86.6 Å². The molecule has 0 rings (SSSR count). The van der Waals surface area contributed by atoms with Crippen LogP contribution in [-0.4, -0.2) is 73.8 Å². The van der Waals surface area contributed by atoms with Gasteiger partial charge in [0.25, 0.3) is 0 Å². The fourth-order valence-corrected chi connectivity index (χ4v) is 1.46. The first-order valence-electron chi connectivity index (χ1n) is 8.88. The van der Waals surface area contributed by atoms with Crippen LogP contribution in [-0.2, 0) is 23.7 Å². The summed E-state index contributed by atoms with van der Waals surface area (Å²) in [5.41, 5.74) is 0. The number of hydrogen-bond donors (Lipinski definition) is 2. The van der Waals surface area contributed by atoms with Gasteiger partial charge in [-0.2, -0.15) is 0 Å². The Labute approximate surface area is 158 Å². The van der Waals surface area contributed by atoms with Crippen LogP contribution in [0, 0.1) is 0 Å². The smallest absolute Gasteiger partial charge is 0.113 e. The summed E-state index contributed by atoms with van der Waals surface area (Å²) in [4.78, 5) is 0. The van der Waals surface area contributed by atoms with Crippen LogP contribution in [0.25, 0.3) is 0 Å². The molecule has 0 spiro atoms. The van der Waals surface area contributed by atoms with Crippen molar-refractivity contribution in [1.29, 1.82) is 0 Å². The van der Waals surface area contributed by atoms with Crippen LogP contribution < -0.4 is 0 Å². The molecule has 2 N–H and O–H groups in total. The molecule has 0 aliphatic carbocycles. The highest BCUT2D eigenvalue weighted by Gasteiger charge is 2.08. The van der Waals surface area contributed by atoms with Crippen molar-refractivity contribution in [2.75, 3.05) is 33.0 Å². The first kappa shape index (κ1) is 27.1. The summed E-state index contributed by atoms with van der Waals surface area (Å²) in [7, 11) is 0. The van der Waals surface area contributed by atoms with Gasteiger partial charge >= 0.3 is 0 Å². The summed E-state index contributed by atoms with van der Waals surface area (Å²) in [6.45, 7) is 18.1. The maximum atomic E-state index is 9.00. The summed E-state index contributed by atoms with van der Waals surface area (Å²) in [6, 6.07) is 0. The second-order valence-electron chi connectivity index (χ2n) is 6.13. The van der Waals surface area contributed by atoms with Crippen molar-refractivity contribution in [2.24, 2.45) is 0 Å². The molecule has 26 heavy (non-hydrogen) atoms. The van der Waals surface area contributed by atoms with E-state index >= 15 is 0 Å². The maximum Gasteiger partial charge on any atom is 0.113 e. The summed E-state index contributed by atoms with van der Waals surface area (Å²) in [5, 5.41) is 17.8. The van der Waals surface area contributed by atoms with Crippen molar-refractivity contribution in [3.63, 3.8) is 0 Å². The van der Waals surface area contributed by atoms with E-state index in [0.29, 0.717) is 33.0 Å². The molecule has 0 heterocycles. The molecule has 0 saturated carbocycles. The average molecular weight is 379 g/mol. The molecule has 0 aromatic carbocycles. The third-order valence-corrected chi connectivity index (χ3v) is 2.76. The fourth-order valence-electron chi connectivity index (χ4n) is 1.46. The lowest BCUT2D eigenvalue weighted by molar-refractivity contribution is -0.0630. The van der Waals surface area contributed by atoms with Gasteiger partial charge in [0.15, 0.2) is 0 Å². The number of aliphatic hydroxyl groups excluding tert-OH is 2. The lowest BCUT2D eigenvalue weighted by Crippen LogP contribution is -2.25. The minimum Gasteiger partial charge on any atom is -0.499 e. The zero-order valence-electron chi connectivity index (χ0n) is 16.9. The zero-order valence-corrected chi connectivity index (χ0v) is 16.9. The highest BCUT2D eigenvalue weighted by Crippen LogP contribution is 1.99. The average Bonchev–Trinajstić information content (AvgIpc) is 2.59. The number of aliphatic hydroxyl groups is 2. The number of rotatable bonds is 15.